The van der Waals surface area contributed by atoms with E-state index in [4.69, 9.17) is 5.26 Å². The Labute approximate surface area is 96.1 Å². The van der Waals surface area contributed by atoms with Crippen LogP contribution >= 0.6 is 0 Å². The third-order valence-corrected chi connectivity index (χ3v) is 2.33. The second-order valence-corrected chi connectivity index (χ2v) is 4.08. The molecule has 16 heavy (non-hydrogen) atoms. The van der Waals surface area contributed by atoms with Crippen molar-refractivity contribution in [2.75, 3.05) is 0 Å². The van der Waals surface area contributed by atoms with Crippen LogP contribution in [0.4, 0.5) is 0 Å². The number of nitriles is 1. The van der Waals surface area contributed by atoms with Gasteiger partial charge in [-0.2, -0.15) is 5.26 Å². The first-order chi connectivity index (χ1) is 7.63. The van der Waals surface area contributed by atoms with Crippen molar-refractivity contribution >= 4 is 5.91 Å². The lowest BCUT2D eigenvalue weighted by molar-refractivity contribution is -0.121. The van der Waals surface area contributed by atoms with Gasteiger partial charge in [0.25, 0.3) is 0 Å². The molecule has 0 unspecified atom stereocenters. The first kappa shape index (κ1) is 12.3. The van der Waals surface area contributed by atoms with Gasteiger partial charge in [-0.3, -0.25) is 4.79 Å². The van der Waals surface area contributed by atoms with Gasteiger partial charge in [-0.25, -0.2) is 0 Å². The highest BCUT2D eigenvalue weighted by Gasteiger charge is 2.14. The van der Waals surface area contributed by atoms with Crippen LogP contribution in [0.1, 0.15) is 19.4 Å². The SMILES string of the molecule is CC(C)[C@H](C#N)NC(=O)Cc1ccccc1. The molecule has 1 aromatic rings. The number of carbonyl (C=O) groups excluding carboxylic acids is 1. The molecule has 0 radical (unpaired) electrons. The molecule has 1 aromatic carbocycles. The minimum Gasteiger partial charge on any atom is -0.340 e. The molecule has 0 spiro atoms. The van der Waals surface area contributed by atoms with Crippen LogP contribution < -0.4 is 5.32 Å². The van der Waals surface area contributed by atoms with Crippen molar-refractivity contribution in [2.45, 2.75) is 26.3 Å². The van der Waals surface area contributed by atoms with Crippen LogP contribution in [0.2, 0.25) is 0 Å². The molecule has 3 heteroatoms. The van der Waals surface area contributed by atoms with E-state index in [2.05, 4.69) is 11.4 Å². The van der Waals surface area contributed by atoms with Crippen LogP contribution in [0.3, 0.4) is 0 Å². The van der Waals surface area contributed by atoms with Crippen molar-refractivity contribution in [3.8, 4) is 6.07 Å². The van der Waals surface area contributed by atoms with Crippen LogP contribution in [0.5, 0.6) is 0 Å². The van der Waals surface area contributed by atoms with Crippen LogP contribution in [-0.4, -0.2) is 11.9 Å². The average Bonchev–Trinajstić information content (AvgIpc) is 2.27. The monoisotopic (exact) mass is 216 g/mol. The third-order valence-electron chi connectivity index (χ3n) is 2.33. The van der Waals surface area contributed by atoms with E-state index in [1.165, 1.54) is 0 Å². The standard InChI is InChI=1S/C13H16N2O/c1-10(2)12(9-14)15-13(16)8-11-6-4-3-5-7-11/h3-7,10,12H,8H2,1-2H3,(H,15,16)/t12-/m0/s1. The van der Waals surface area contributed by atoms with Crippen molar-refractivity contribution < 1.29 is 4.79 Å². The zero-order chi connectivity index (χ0) is 12.0. The zero-order valence-electron chi connectivity index (χ0n) is 9.60. The van der Waals surface area contributed by atoms with Gasteiger partial charge in [-0.05, 0) is 11.5 Å². The Bertz CT molecular complexity index is 379. The number of nitrogens with zero attached hydrogens (tertiary/aromatic N) is 1. The molecule has 0 fully saturated rings. The van der Waals surface area contributed by atoms with Gasteiger partial charge < -0.3 is 5.32 Å². The molecule has 0 bridgehead atoms. The molecule has 1 N–H and O–H groups in total. The predicted molar refractivity (Wildman–Crippen MR) is 62.5 cm³/mol. The number of benzene rings is 1. The summed E-state index contributed by atoms with van der Waals surface area (Å²) in [5, 5.41) is 11.6. The number of hydrogen-bond donors (Lipinski definition) is 1. The highest BCUT2D eigenvalue weighted by Crippen LogP contribution is 2.03. The molecule has 0 aliphatic rings. The molecule has 0 heterocycles. The predicted octanol–water partition coefficient (Wildman–Crippen LogP) is 1.89. The number of nitrogens with one attached hydrogen (secondary N) is 1. The zero-order valence-corrected chi connectivity index (χ0v) is 9.60. The molecule has 0 aliphatic carbocycles. The summed E-state index contributed by atoms with van der Waals surface area (Å²) in [5.41, 5.74) is 0.959. The smallest absolute Gasteiger partial charge is 0.225 e. The number of hydrogen-bond acceptors (Lipinski definition) is 2. The van der Waals surface area contributed by atoms with Crippen LogP contribution in [0, 0.1) is 17.2 Å². The molecule has 0 saturated carbocycles. The quantitative estimate of drug-likeness (QED) is 0.835. The summed E-state index contributed by atoms with van der Waals surface area (Å²) in [4.78, 5) is 11.6. The second-order valence-electron chi connectivity index (χ2n) is 4.08. The number of carbonyl (C=O) groups is 1. The van der Waals surface area contributed by atoms with Gasteiger partial charge in [-0.1, -0.05) is 44.2 Å². The first-order valence-electron chi connectivity index (χ1n) is 5.36. The molecular weight excluding hydrogens is 200 g/mol. The molecule has 0 saturated heterocycles. The lowest BCUT2D eigenvalue weighted by Gasteiger charge is -2.14. The number of rotatable bonds is 4. The summed E-state index contributed by atoms with van der Waals surface area (Å²) in [6.07, 6.45) is 0.325. The molecule has 0 aliphatic heterocycles. The van der Waals surface area contributed by atoms with E-state index in [1.54, 1.807) is 0 Å². The van der Waals surface area contributed by atoms with E-state index >= 15 is 0 Å². The van der Waals surface area contributed by atoms with Gasteiger partial charge in [0.1, 0.15) is 6.04 Å². The summed E-state index contributed by atoms with van der Waals surface area (Å²) in [7, 11) is 0. The van der Waals surface area contributed by atoms with Crippen LogP contribution in [0.15, 0.2) is 30.3 Å². The third kappa shape index (κ3) is 3.74. The molecule has 1 amide bonds. The van der Waals surface area contributed by atoms with E-state index in [-0.39, 0.29) is 11.8 Å². The van der Waals surface area contributed by atoms with Gasteiger partial charge in [0, 0.05) is 0 Å². The Morgan fingerprint density at radius 1 is 1.38 bits per heavy atom. The van der Waals surface area contributed by atoms with E-state index in [1.807, 2.05) is 44.2 Å². The molecule has 1 rings (SSSR count). The summed E-state index contributed by atoms with van der Waals surface area (Å²) < 4.78 is 0. The maximum Gasteiger partial charge on any atom is 0.225 e. The molecule has 1 atom stereocenters. The van der Waals surface area contributed by atoms with Gasteiger partial charge in [0.05, 0.1) is 12.5 Å². The molecule has 84 valence electrons. The van der Waals surface area contributed by atoms with Crippen LogP contribution in [0.25, 0.3) is 0 Å². The summed E-state index contributed by atoms with van der Waals surface area (Å²) in [5.74, 6) is 0.0242. The van der Waals surface area contributed by atoms with Crippen molar-refractivity contribution in [1.82, 2.24) is 5.32 Å². The van der Waals surface area contributed by atoms with Gasteiger partial charge >= 0.3 is 0 Å². The van der Waals surface area contributed by atoms with Crippen molar-refractivity contribution in [2.24, 2.45) is 5.92 Å². The fraction of sp³-hybridized carbons (Fsp3) is 0.385. The van der Waals surface area contributed by atoms with Crippen molar-refractivity contribution in [1.29, 1.82) is 5.26 Å². The van der Waals surface area contributed by atoms with Crippen molar-refractivity contribution in [3.05, 3.63) is 35.9 Å². The van der Waals surface area contributed by atoms with E-state index in [0.29, 0.717) is 6.42 Å². The minimum atomic E-state index is -0.406. The topological polar surface area (TPSA) is 52.9 Å². The average molecular weight is 216 g/mol. The maximum absolute atomic E-state index is 11.6. The number of amides is 1. The fourth-order valence-corrected chi connectivity index (χ4v) is 1.35. The Morgan fingerprint density at radius 2 is 2.00 bits per heavy atom. The molecular formula is C13H16N2O. The van der Waals surface area contributed by atoms with E-state index in [9.17, 15) is 4.79 Å². The second kappa shape index (κ2) is 5.92. The Hall–Kier alpha value is -1.82. The maximum atomic E-state index is 11.6. The van der Waals surface area contributed by atoms with Gasteiger partial charge in [0.15, 0.2) is 0 Å². The normalized spacial score (nSPS) is 11.9. The van der Waals surface area contributed by atoms with Gasteiger partial charge in [-0.15, -0.1) is 0 Å². The minimum absolute atomic E-state index is 0.105. The first-order valence-corrected chi connectivity index (χ1v) is 5.36. The summed E-state index contributed by atoms with van der Waals surface area (Å²) in [6, 6.07) is 11.2. The lowest BCUT2D eigenvalue weighted by Crippen LogP contribution is -2.38. The van der Waals surface area contributed by atoms with E-state index in [0.717, 1.165) is 5.56 Å². The van der Waals surface area contributed by atoms with Gasteiger partial charge in [0.2, 0.25) is 5.91 Å². The lowest BCUT2D eigenvalue weighted by atomic mass is 10.1. The van der Waals surface area contributed by atoms with Crippen molar-refractivity contribution in [3.63, 3.8) is 0 Å². The molecule has 0 aromatic heterocycles. The van der Waals surface area contributed by atoms with E-state index < -0.39 is 6.04 Å². The summed E-state index contributed by atoms with van der Waals surface area (Å²) in [6.45, 7) is 3.83. The Balaban J connectivity index is 2.52. The highest BCUT2D eigenvalue weighted by atomic mass is 16.1. The molecule has 3 nitrogen and oxygen atoms in total. The Morgan fingerprint density at radius 3 is 2.50 bits per heavy atom. The highest BCUT2D eigenvalue weighted by molar-refractivity contribution is 5.79. The van der Waals surface area contributed by atoms with Crippen LogP contribution in [-0.2, 0) is 11.2 Å². The largest absolute Gasteiger partial charge is 0.340 e. The summed E-state index contributed by atoms with van der Waals surface area (Å²) >= 11 is 0. The fourth-order valence-electron chi connectivity index (χ4n) is 1.35. The Kier molecular flexibility index (Phi) is 4.53.